The standard InChI is InChI=1S/C21H34N4O8.C18H23N3O9/c1-21(2,3)33-20(30)24-9-8-22-17(27)7-12-31-14-15-32-13-10-23-16(26)6-11-25-18(28)4-5-19(25)29;22-13(5-8-20-14(23)1-2-15(20)24)19-7-10-29-12-11-28-9-6-18(27)30-21-16(25)3-4-17(21)26/h4-5H,6-15H2,1-3H3,(H,22,27)(H,23,26)(H,24,30);1-2H,3-12H2,(H,19,22). The quantitative estimate of drug-likeness (QED) is 0.0484. The van der Waals surface area contributed by atoms with E-state index in [0.29, 0.717) is 24.8 Å². The second kappa shape index (κ2) is 29.2. The second-order valence-electron chi connectivity index (χ2n) is 14.3. The molecule has 10 amide bonds. The first-order chi connectivity index (χ1) is 30.0. The molecule has 0 bridgehead atoms. The molecule has 3 heterocycles. The molecule has 0 spiro atoms. The molecule has 24 nitrogen and oxygen atoms in total. The number of amides is 10. The molecular formula is C39H57N7O17. The van der Waals surface area contributed by atoms with Crippen LogP contribution in [0.1, 0.15) is 59.3 Å². The lowest BCUT2D eigenvalue weighted by atomic mass is 10.2. The summed E-state index contributed by atoms with van der Waals surface area (Å²) >= 11 is 0. The smallest absolute Gasteiger partial charge is 0.407 e. The molecule has 24 heteroatoms. The largest absolute Gasteiger partial charge is 0.444 e. The summed E-state index contributed by atoms with van der Waals surface area (Å²) in [5.41, 5.74) is -0.571. The molecule has 0 atom stereocenters. The summed E-state index contributed by atoms with van der Waals surface area (Å²) in [6.45, 7) is 8.28. The summed E-state index contributed by atoms with van der Waals surface area (Å²) < 4.78 is 26.2. The van der Waals surface area contributed by atoms with Crippen molar-refractivity contribution in [2.24, 2.45) is 0 Å². The van der Waals surface area contributed by atoms with Crippen molar-refractivity contribution in [2.75, 3.05) is 92.1 Å². The van der Waals surface area contributed by atoms with Crippen molar-refractivity contribution in [1.82, 2.24) is 36.1 Å². The fraction of sp³-hybridized carbons (Fsp3) is 0.615. The van der Waals surface area contributed by atoms with Crippen LogP contribution in [0.3, 0.4) is 0 Å². The molecule has 0 aromatic carbocycles. The highest BCUT2D eigenvalue weighted by Crippen LogP contribution is 2.12. The van der Waals surface area contributed by atoms with Crippen LogP contribution in [0.25, 0.3) is 0 Å². The van der Waals surface area contributed by atoms with Gasteiger partial charge in [0.1, 0.15) is 5.60 Å². The van der Waals surface area contributed by atoms with Crippen LogP contribution < -0.4 is 21.3 Å². The van der Waals surface area contributed by atoms with Gasteiger partial charge >= 0.3 is 12.1 Å². The Labute approximate surface area is 363 Å². The topological polar surface area (TPSA) is 301 Å². The fourth-order valence-electron chi connectivity index (χ4n) is 4.97. The van der Waals surface area contributed by atoms with E-state index < -0.39 is 53.1 Å². The molecule has 3 rings (SSSR count). The molecule has 1 fully saturated rings. The van der Waals surface area contributed by atoms with E-state index in [0.717, 1.165) is 22.0 Å². The lowest BCUT2D eigenvalue weighted by Crippen LogP contribution is -2.38. The van der Waals surface area contributed by atoms with Gasteiger partial charge in [-0.2, -0.15) is 0 Å². The van der Waals surface area contributed by atoms with E-state index in [1.165, 1.54) is 12.2 Å². The number of hydrogen-bond donors (Lipinski definition) is 4. The number of imide groups is 3. The minimum atomic E-state index is -0.740. The van der Waals surface area contributed by atoms with Crippen LogP contribution >= 0.6 is 0 Å². The van der Waals surface area contributed by atoms with Gasteiger partial charge in [-0.3, -0.25) is 53.0 Å². The van der Waals surface area contributed by atoms with Crippen LogP contribution in [-0.2, 0) is 76.5 Å². The molecule has 0 aliphatic carbocycles. The summed E-state index contributed by atoms with van der Waals surface area (Å²) in [4.78, 5) is 133. The van der Waals surface area contributed by atoms with E-state index in [1.807, 2.05) is 0 Å². The first-order valence-corrected chi connectivity index (χ1v) is 20.2. The molecule has 0 unspecified atom stereocenters. The third kappa shape index (κ3) is 23.6. The number of carbonyl (C=O) groups excluding carboxylic acids is 11. The molecule has 0 aromatic rings. The Morgan fingerprint density at radius 1 is 0.508 bits per heavy atom. The molecule has 0 aromatic heterocycles. The van der Waals surface area contributed by atoms with Crippen LogP contribution in [0.2, 0.25) is 0 Å². The summed E-state index contributed by atoms with van der Waals surface area (Å²) in [5, 5.41) is 10.9. The third-order valence-corrected chi connectivity index (χ3v) is 8.05. The van der Waals surface area contributed by atoms with Crippen molar-refractivity contribution in [1.29, 1.82) is 0 Å². The minimum Gasteiger partial charge on any atom is -0.444 e. The van der Waals surface area contributed by atoms with Gasteiger partial charge < -0.3 is 49.8 Å². The average Bonchev–Trinajstić information content (AvgIpc) is 3.84. The van der Waals surface area contributed by atoms with E-state index in [-0.39, 0.29) is 129 Å². The van der Waals surface area contributed by atoms with Crippen LogP contribution in [0.15, 0.2) is 24.3 Å². The van der Waals surface area contributed by atoms with Crippen LogP contribution in [0, 0.1) is 0 Å². The molecule has 0 radical (unpaired) electrons. The maximum absolute atomic E-state index is 11.7. The molecule has 1 saturated heterocycles. The number of nitrogens with zero attached hydrogens (tertiary/aromatic N) is 3. The van der Waals surface area contributed by atoms with Crippen molar-refractivity contribution >= 4 is 65.2 Å². The van der Waals surface area contributed by atoms with Gasteiger partial charge in [-0.25, -0.2) is 9.59 Å². The van der Waals surface area contributed by atoms with Gasteiger partial charge in [-0.1, -0.05) is 0 Å². The van der Waals surface area contributed by atoms with Crippen LogP contribution in [0.4, 0.5) is 4.79 Å². The number of carbonyl (C=O) groups is 11. The summed E-state index contributed by atoms with van der Waals surface area (Å²) in [6.07, 6.45) is 4.31. The highest BCUT2D eigenvalue weighted by atomic mass is 16.7. The van der Waals surface area contributed by atoms with Crippen molar-refractivity contribution in [3.63, 3.8) is 0 Å². The van der Waals surface area contributed by atoms with E-state index in [9.17, 15) is 52.7 Å². The zero-order valence-electron chi connectivity index (χ0n) is 35.7. The normalized spacial score (nSPS) is 14.6. The highest BCUT2D eigenvalue weighted by molar-refractivity contribution is 6.13. The van der Waals surface area contributed by atoms with Crippen LogP contribution in [0.5, 0.6) is 0 Å². The highest BCUT2D eigenvalue weighted by Gasteiger charge is 2.32. The zero-order chi connectivity index (χ0) is 46.6. The van der Waals surface area contributed by atoms with Crippen LogP contribution in [-0.4, -0.2) is 178 Å². The Kier molecular flexibility index (Phi) is 24.6. The molecular weight excluding hydrogens is 838 g/mol. The van der Waals surface area contributed by atoms with E-state index in [1.54, 1.807) is 20.8 Å². The molecule has 63 heavy (non-hydrogen) atoms. The number of rotatable bonds is 28. The summed E-state index contributed by atoms with van der Waals surface area (Å²) in [6, 6.07) is 0. The van der Waals surface area contributed by atoms with Crippen molar-refractivity contribution in [3.8, 4) is 0 Å². The minimum absolute atomic E-state index is 0.00694. The van der Waals surface area contributed by atoms with Gasteiger partial charge in [0, 0.05) is 95.7 Å². The Bertz CT molecular complexity index is 1640. The molecule has 4 N–H and O–H groups in total. The van der Waals surface area contributed by atoms with E-state index >= 15 is 0 Å². The average molecular weight is 896 g/mol. The van der Waals surface area contributed by atoms with Crippen molar-refractivity contribution < 1.29 is 81.3 Å². The third-order valence-electron chi connectivity index (χ3n) is 8.05. The second-order valence-corrected chi connectivity index (χ2v) is 14.3. The van der Waals surface area contributed by atoms with Gasteiger partial charge in [-0.15, -0.1) is 5.06 Å². The summed E-state index contributed by atoms with van der Waals surface area (Å²) in [5.74, 6) is -4.29. The Balaban J connectivity index is 0.000000435. The Morgan fingerprint density at radius 2 is 0.889 bits per heavy atom. The number of ether oxygens (including phenoxy) is 5. The maximum atomic E-state index is 11.7. The summed E-state index contributed by atoms with van der Waals surface area (Å²) in [7, 11) is 0. The number of nitrogens with one attached hydrogen (secondary N) is 4. The zero-order valence-corrected chi connectivity index (χ0v) is 35.7. The van der Waals surface area contributed by atoms with Gasteiger partial charge in [0.2, 0.25) is 17.7 Å². The molecule has 3 aliphatic heterocycles. The first-order valence-electron chi connectivity index (χ1n) is 20.2. The molecule has 350 valence electrons. The Morgan fingerprint density at radius 3 is 1.33 bits per heavy atom. The van der Waals surface area contributed by atoms with Crippen molar-refractivity contribution in [2.45, 2.75) is 64.9 Å². The fourth-order valence-corrected chi connectivity index (χ4v) is 4.97. The number of hydrogen-bond acceptors (Lipinski definition) is 17. The lowest BCUT2D eigenvalue weighted by Gasteiger charge is -2.19. The van der Waals surface area contributed by atoms with Gasteiger partial charge in [0.15, 0.2) is 0 Å². The monoisotopic (exact) mass is 895 g/mol. The maximum Gasteiger partial charge on any atom is 0.407 e. The first kappa shape index (κ1) is 53.0. The van der Waals surface area contributed by atoms with Gasteiger partial charge in [-0.05, 0) is 20.8 Å². The van der Waals surface area contributed by atoms with E-state index in [4.69, 9.17) is 23.7 Å². The number of alkyl carbamates (subject to hydrolysis) is 1. The lowest BCUT2D eigenvalue weighted by molar-refractivity contribution is -0.198. The predicted molar refractivity (Wildman–Crippen MR) is 214 cm³/mol. The van der Waals surface area contributed by atoms with Crippen molar-refractivity contribution in [3.05, 3.63) is 24.3 Å². The molecule has 3 aliphatic rings. The SMILES string of the molecule is CC(C)(C)OC(=O)NCCNC(=O)CCOCCOCCNC(=O)CCN1C(=O)C=CC1=O.O=C(CCN1C(=O)C=CC1=O)NCCOCCOCCC(=O)ON1C(=O)CCC1=O. The number of hydroxylamine groups is 2. The van der Waals surface area contributed by atoms with E-state index in [2.05, 4.69) is 26.1 Å². The predicted octanol–water partition coefficient (Wildman–Crippen LogP) is -2.07. The van der Waals surface area contributed by atoms with Gasteiger partial charge in [0.25, 0.3) is 35.4 Å². The Hall–Kier alpha value is -6.11. The molecule has 0 saturated carbocycles. The van der Waals surface area contributed by atoms with Gasteiger partial charge in [0.05, 0.1) is 59.3 Å².